The van der Waals surface area contributed by atoms with Gasteiger partial charge in [0.05, 0.1) is 12.7 Å². The van der Waals surface area contributed by atoms with Crippen molar-refractivity contribution in [1.29, 1.82) is 0 Å². The van der Waals surface area contributed by atoms with Crippen LogP contribution < -0.4 is 0 Å². The maximum atomic E-state index is 10.8. The van der Waals surface area contributed by atoms with Crippen LogP contribution >= 0.6 is 0 Å². The molecule has 1 heterocycles. The number of carboxylic acids is 1. The molecule has 1 aliphatic heterocycles. The summed E-state index contributed by atoms with van der Waals surface area (Å²) in [4.78, 5) is 10.8. The predicted octanol–water partition coefficient (Wildman–Crippen LogP) is -4.02. The first-order chi connectivity index (χ1) is 8.23. The second-order valence-corrected chi connectivity index (χ2v) is 4.17. The van der Waals surface area contributed by atoms with Gasteiger partial charge in [-0.05, 0) is 0 Å². The summed E-state index contributed by atoms with van der Waals surface area (Å²) in [5.74, 6) is -4.58. The average molecular weight is 268 g/mol. The lowest BCUT2D eigenvalue weighted by atomic mass is 9.91. The van der Waals surface area contributed by atoms with Crippen LogP contribution in [0.3, 0.4) is 0 Å². The smallest absolute Gasteiger partial charge is 0.364 e. The Kier molecular flexibility index (Phi) is 4.61. The Balaban J connectivity index is 2.92. The predicted molar refractivity (Wildman–Crippen MR) is 53.2 cm³/mol. The molecule has 0 aromatic rings. The average Bonchev–Trinajstić information content (AvgIpc) is 2.31. The van der Waals surface area contributed by atoms with E-state index in [2.05, 4.69) is 4.74 Å². The first-order valence-electron chi connectivity index (χ1n) is 5.19. The molecule has 6 atom stereocenters. The molecule has 0 saturated carbocycles. The van der Waals surface area contributed by atoms with Gasteiger partial charge < -0.3 is 40.5 Å². The van der Waals surface area contributed by atoms with Crippen molar-refractivity contribution in [1.82, 2.24) is 0 Å². The zero-order valence-electron chi connectivity index (χ0n) is 9.25. The number of hydrogen-bond donors (Lipinski definition) is 7. The minimum atomic E-state index is -2.78. The van der Waals surface area contributed by atoms with Crippen LogP contribution in [0.4, 0.5) is 0 Å². The summed E-state index contributed by atoms with van der Waals surface area (Å²) in [6.45, 7) is -0.866. The topological polar surface area (TPSA) is 168 Å². The molecule has 4 unspecified atom stereocenters. The lowest BCUT2D eigenvalue weighted by molar-refractivity contribution is -0.312. The number of aliphatic hydroxyl groups is 6. The maximum Gasteiger partial charge on any atom is 0.364 e. The van der Waals surface area contributed by atoms with Gasteiger partial charge in [0.15, 0.2) is 0 Å². The Morgan fingerprint density at radius 3 is 2.39 bits per heavy atom. The third-order valence-electron chi connectivity index (χ3n) is 2.80. The van der Waals surface area contributed by atoms with Crippen molar-refractivity contribution < 1.29 is 45.3 Å². The minimum Gasteiger partial charge on any atom is -0.477 e. The molecule has 1 rings (SSSR count). The quantitative estimate of drug-likeness (QED) is 0.268. The van der Waals surface area contributed by atoms with Crippen molar-refractivity contribution in [2.75, 3.05) is 6.61 Å². The van der Waals surface area contributed by atoms with Gasteiger partial charge >= 0.3 is 5.97 Å². The van der Waals surface area contributed by atoms with Gasteiger partial charge in [-0.25, -0.2) is 4.79 Å². The molecule has 106 valence electrons. The number of aliphatic carboxylic acids is 1. The first-order valence-corrected chi connectivity index (χ1v) is 5.19. The molecule has 1 aliphatic rings. The molecule has 1 saturated heterocycles. The fourth-order valence-electron chi connectivity index (χ4n) is 1.70. The molecule has 7 N–H and O–H groups in total. The highest BCUT2D eigenvalue weighted by atomic mass is 16.7. The van der Waals surface area contributed by atoms with E-state index in [-0.39, 0.29) is 0 Å². The summed E-state index contributed by atoms with van der Waals surface area (Å²) in [6.07, 6.45) is -9.50. The molecule has 9 nitrogen and oxygen atoms in total. The van der Waals surface area contributed by atoms with Crippen molar-refractivity contribution in [3.63, 3.8) is 0 Å². The zero-order chi connectivity index (χ0) is 14.1. The second-order valence-electron chi connectivity index (χ2n) is 4.17. The van der Waals surface area contributed by atoms with Crippen LogP contribution in [-0.4, -0.2) is 84.6 Å². The van der Waals surface area contributed by atoms with Crippen LogP contribution in [0.2, 0.25) is 0 Å². The number of ether oxygens (including phenoxy) is 1. The summed E-state index contributed by atoms with van der Waals surface area (Å²) in [5.41, 5.74) is 0. The summed E-state index contributed by atoms with van der Waals surface area (Å²) in [5, 5.41) is 64.6. The van der Waals surface area contributed by atoms with Gasteiger partial charge in [0.25, 0.3) is 5.79 Å². The molecule has 0 spiro atoms. The standard InChI is InChI=1S/C9H16O9/c10-2-4(12)6(14)7-5(13)3(11)1-9(17,18-7)8(15)16/h3-7,10-14,17H,1-2H2,(H,15,16)/t3?,4-,5?,6-,7?,9?/m1/s1. The highest BCUT2D eigenvalue weighted by molar-refractivity contribution is 5.75. The molecule has 9 heteroatoms. The second kappa shape index (κ2) is 5.45. The minimum absolute atomic E-state index is 0.790. The third kappa shape index (κ3) is 2.78. The molecule has 18 heavy (non-hydrogen) atoms. The maximum absolute atomic E-state index is 10.8. The van der Waals surface area contributed by atoms with Crippen molar-refractivity contribution in [3.8, 4) is 0 Å². The Bertz CT molecular complexity index is 308. The van der Waals surface area contributed by atoms with E-state index < -0.39 is 55.3 Å². The number of aliphatic hydroxyl groups excluding tert-OH is 5. The molecular weight excluding hydrogens is 252 g/mol. The Hall–Kier alpha value is -0.810. The summed E-state index contributed by atoms with van der Waals surface area (Å²) in [6, 6.07) is 0. The number of carbonyl (C=O) groups is 1. The summed E-state index contributed by atoms with van der Waals surface area (Å²) in [7, 11) is 0. The highest BCUT2D eigenvalue weighted by Gasteiger charge is 2.53. The summed E-state index contributed by atoms with van der Waals surface area (Å²) >= 11 is 0. The van der Waals surface area contributed by atoms with E-state index in [0.717, 1.165) is 0 Å². The van der Waals surface area contributed by atoms with E-state index in [4.69, 9.17) is 10.2 Å². The van der Waals surface area contributed by atoms with Crippen LogP contribution in [0.1, 0.15) is 6.42 Å². The normalized spacial score (nSPS) is 40.2. The number of rotatable bonds is 4. The molecule has 0 amide bonds. The van der Waals surface area contributed by atoms with Gasteiger partial charge in [-0.1, -0.05) is 0 Å². The van der Waals surface area contributed by atoms with E-state index in [1.54, 1.807) is 0 Å². The zero-order valence-corrected chi connectivity index (χ0v) is 9.25. The van der Waals surface area contributed by atoms with Crippen LogP contribution in [0, 0.1) is 0 Å². The van der Waals surface area contributed by atoms with E-state index in [9.17, 15) is 30.3 Å². The van der Waals surface area contributed by atoms with E-state index in [1.807, 2.05) is 0 Å². The van der Waals surface area contributed by atoms with Gasteiger partial charge in [0.2, 0.25) is 0 Å². The van der Waals surface area contributed by atoms with Crippen LogP contribution in [0.15, 0.2) is 0 Å². The van der Waals surface area contributed by atoms with E-state index in [1.165, 1.54) is 0 Å². The van der Waals surface area contributed by atoms with E-state index in [0.29, 0.717) is 0 Å². The molecule has 0 bridgehead atoms. The third-order valence-corrected chi connectivity index (χ3v) is 2.80. The van der Waals surface area contributed by atoms with Gasteiger partial charge in [-0.2, -0.15) is 0 Å². The molecular formula is C9H16O9. The Morgan fingerprint density at radius 2 is 1.94 bits per heavy atom. The van der Waals surface area contributed by atoms with Crippen LogP contribution in [-0.2, 0) is 9.53 Å². The van der Waals surface area contributed by atoms with Gasteiger partial charge in [0.1, 0.15) is 24.4 Å². The Labute approximate surface area is 101 Å². The van der Waals surface area contributed by atoms with Gasteiger partial charge in [0, 0.05) is 6.42 Å². The monoisotopic (exact) mass is 268 g/mol. The fourth-order valence-corrected chi connectivity index (χ4v) is 1.70. The SMILES string of the molecule is O=C(O)C1(O)CC(O)C(O)C([C@H](O)[C@H](O)CO)O1. The Morgan fingerprint density at radius 1 is 1.39 bits per heavy atom. The summed E-state index contributed by atoms with van der Waals surface area (Å²) < 4.78 is 4.63. The molecule has 0 aliphatic carbocycles. The lowest BCUT2D eigenvalue weighted by Crippen LogP contribution is -2.63. The van der Waals surface area contributed by atoms with E-state index >= 15 is 0 Å². The molecule has 1 fully saturated rings. The lowest BCUT2D eigenvalue weighted by Gasteiger charge is -2.42. The molecule has 0 aromatic heterocycles. The van der Waals surface area contributed by atoms with Crippen LogP contribution in [0.25, 0.3) is 0 Å². The number of hydrogen-bond acceptors (Lipinski definition) is 8. The van der Waals surface area contributed by atoms with Crippen molar-refractivity contribution in [2.45, 2.75) is 42.7 Å². The van der Waals surface area contributed by atoms with Gasteiger partial charge in [-0.3, -0.25) is 0 Å². The molecule has 0 aromatic carbocycles. The fraction of sp³-hybridized carbons (Fsp3) is 0.889. The van der Waals surface area contributed by atoms with Crippen molar-refractivity contribution in [3.05, 3.63) is 0 Å². The highest BCUT2D eigenvalue weighted by Crippen LogP contribution is 2.30. The van der Waals surface area contributed by atoms with Crippen LogP contribution in [0.5, 0.6) is 0 Å². The first kappa shape index (κ1) is 15.2. The van der Waals surface area contributed by atoms with Crippen molar-refractivity contribution in [2.24, 2.45) is 0 Å². The largest absolute Gasteiger partial charge is 0.477 e. The van der Waals surface area contributed by atoms with Crippen molar-refractivity contribution >= 4 is 5.97 Å². The number of carboxylic acid groups (broad SMARTS) is 1. The molecule has 0 radical (unpaired) electrons. The van der Waals surface area contributed by atoms with Gasteiger partial charge in [-0.15, -0.1) is 0 Å².